The molecule has 1 atom stereocenters. The molecule has 0 radical (unpaired) electrons. The Hall–Kier alpha value is -1.35. The number of hydrogen-bond donors (Lipinski definition) is 2. The molecule has 0 saturated carbocycles. The van der Waals surface area contributed by atoms with Crippen LogP contribution in [0.15, 0.2) is 24.3 Å². The average Bonchev–Trinajstić information content (AvgIpc) is 2.33. The molecule has 0 aromatic heterocycles. The predicted molar refractivity (Wildman–Crippen MR) is 70.8 cm³/mol. The molecule has 0 fully saturated rings. The summed E-state index contributed by atoms with van der Waals surface area (Å²) < 4.78 is 0. The zero-order chi connectivity index (χ0) is 12.7. The highest BCUT2D eigenvalue weighted by Crippen LogP contribution is 2.02. The van der Waals surface area contributed by atoms with Gasteiger partial charge in [0.2, 0.25) is 5.91 Å². The van der Waals surface area contributed by atoms with E-state index < -0.39 is 0 Å². The molecular formula is C14H22N2O. The lowest BCUT2D eigenvalue weighted by atomic mass is 10.1. The van der Waals surface area contributed by atoms with Crippen molar-refractivity contribution in [2.24, 2.45) is 0 Å². The van der Waals surface area contributed by atoms with Gasteiger partial charge < -0.3 is 10.6 Å². The van der Waals surface area contributed by atoms with E-state index >= 15 is 0 Å². The number of rotatable bonds is 6. The zero-order valence-corrected chi connectivity index (χ0v) is 10.9. The zero-order valence-electron chi connectivity index (χ0n) is 10.9. The van der Waals surface area contributed by atoms with Gasteiger partial charge in [0.25, 0.3) is 0 Å². The van der Waals surface area contributed by atoms with E-state index in [-0.39, 0.29) is 5.91 Å². The van der Waals surface area contributed by atoms with Crippen LogP contribution in [-0.2, 0) is 11.3 Å². The van der Waals surface area contributed by atoms with Crippen molar-refractivity contribution in [3.8, 4) is 0 Å². The molecular weight excluding hydrogens is 212 g/mol. The van der Waals surface area contributed by atoms with Gasteiger partial charge in [-0.05, 0) is 25.8 Å². The Kier molecular flexibility index (Phi) is 5.70. The van der Waals surface area contributed by atoms with Crippen LogP contribution in [0, 0.1) is 6.92 Å². The van der Waals surface area contributed by atoms with Crippen LogP contribution in [0.5, 0.6) is 0 Å². The lowest BCUT2D eigenvalue weighted by Gasteiger charge is -2.11. The second-order valence-electron chi connectivity index (χ2n) is 4.46. The van der Waals surface area contributed by atoms with Gasteiger partial charge in [0, 0.05) is 12.6 Å². The summed E-state index contributed by atoms with van der Waals surface area (Å²) in [5, 5.41) is 6.07. The number of hydrogen-bond acceptors (Lipinski definition) is 2. The van der Waals surface area contributed by atoms with Gasteiger partial charge in [-0.25, -0.2) is 0 Å². The molecule has 0 aliphatic rings. The first-order valence-electron chi connectivity index (χ1n) is 6.17. The van der Waals surface area contributed by atoms with E-state index in [4.69, 9.17) is 0 Å². The molecule has 0 saturated heterocycles. The van der Waals surface area contributed by atoms with Crippen LogP contribution in [0.1, 0.15) is 31.4 Å². The number of amides is 1. The second-order valence-corrected chi connectivity index (χ2v) is 4.46. The van der Waals surface area contributed by atoms with Crippen molar-refractivity contribution in [3.05, 3.63) is 35.4 Å². The van der Waals surface area contributed by atoms with E-state index in [9.17, 15) is 4.79 Å². The van der Waals surface area contributed by atoms with Gasteiger partial charge >= 0.3 is 0 Å². The summed E-state index contributed by atoms with van der Waals surface area (Å²) in [6.45, 7) is 7.22. The van der Waals surface area contributed by atoms with Gasteiger partial charge in [0.05, 0.1) is 6.54 Å². The minimum Gasteiger partial charge on any atom is -0.351 e. The van der Waals surface area contributed by atoms with Crippen LogP contribution >= 0.6 is 0 Å². The first kappa shape index (κ1) is 13.7. The van der Waals surface area contributed by atoms with Crippen LogP contribution in [0.2, 0.25) is 0 Å². The molecule has 17 heavy (non-hydrogen) atoms. The summed E-state index contributed by atoms with van der Waals surface area (Å²) in [4.78, 5) is 11.5. The van der Waals surface area contributed by atoms with Gasteiger partial charge in [-0.2, -0.15) is 0 Å². The van der Waals surface area contributed by atoms with Crippen molar-refractivity contribution in [2.75, 3.05) is 6.54 Å². The molecule has 1 amide bonds. The van der Waals surface area contributed by atoms with E-state index in [1.165, 1.54) is 5.56 Å². The summed E-state index contributed by atoms with van der Waals surface area (Å²) in [6.07, 6.45) is 1.03. The maximum Gasteiger partial charge on any atom is 0.234 e. The van der Waals surface area contributed by atoms with E-state index in [0.29, 0.717) is 19.1 Å². The molecule has 2 N–H and O–H groups in total. The van der Waals surface area contributed by atoms with Crippen molar-refractivity contribution in [1.82, 2.24) is 10.6 Å². The molecule has 0 aliphatic carbocycles. The lowest BCUT2D eigenvalue weighted by molar-refractivity contribution is -0.120. The van der Waals surface area contributed by atoms with Crippen molar-refractivity contribution < 1.29 is 4.79 Å². The number of carbonyl (C=O) groups is 1. The summed E-state index contributed by atoms with van der Waals surface area (Å²) in [5.41, 5.74) is 2.36. The molecule has 1 aromatic rings. The Bertz CT molecular complexity index is 363. The molecule has 3 nitrogen and oxygen atoms in total. The number of benzene rings is 1. The van der Waals surface area contributed by atoms with Gasteiger partial charge in [0.1, 0.15) is 0 Å². The monoisotopic (exact) mass is 234 g/mol. The molecule has 1 aromatic carbocycles. The highest BCUT2D eigenvalue weighted by molar-refractivity contribution is 5.78. The Morgan fingerprint density at radius 3 is 2.82 bits per heavy atom. The van der Waals surface area contributed by atoms with Crippen LogP contribution in [-0.4, -0.2) is 18.5 Å². The van der Waals surface area contributed by atoms with Crippen LogP contribution in [0.3, 0.4) is 0 Å². The highest BCUT2D eigenvalue weighted by Gasteiger charge is 2.03. The van der Waals surface area contributed by atoms with Gasteiger partial charge in [-0.3, -0.25) is 4.79 Å². The molecule has 0 bridgehead atoms. The van der Waals surface area contributed by atoms with E-state index in [1.807, 2.05) is 12.1 Å². The molecule has 0 aliphatic heterocycles. The second kappa shape index (κ2) is 7.07. The van der Waals surface area contributed by atoms with Crippen LogP contribution in [0.25, 0.3) is 0 Å². The Morgan fingerprint density at radius 1 is 1.41 bits per heavy atom. The fraction of sp³-hybridized carbons (Fsp3) is 0.500. The minimum absolute atomic E-state index is 0.0480. The van der Waals surface area contributed by atoms with Crippen LogP contribution < -0.4 is 10.6 Å². The van der Waals surface area contributed by atoms with Crippen molar-refractivity contribution in [1.29, 1.82) is 0 Å². The predicted octanol–water partition coefficient (Wildman–Crippen LogP) is 2.00. The summed E-state index contributed by atoms with van der Waals surface area (Å²) in [6, 6.07) is 8.56. The number of nitrogens with one attached hydrogen (secondary N) is 2. The molecule has 1 unspecified atom stereocenters. The van der Waals surface area contributed by atoms with E-state index in [0.717, 1.165) is 12.0 Å². The van der Waals surface area contributed by atoms with Crippen molar-refractivity contribution in [3.63, 3.8) is 0 Å². The van der Waals surface area contributed by atoms with Gasteiger partial charge in [-0.15, -0.1) is 0 Å². The first-order chi connectivity index (χ1) is 8.11. The maximum atomic E-state index is 11.5. The van der Waals surface area contributed by atoms with E-state index in [1.54, 1.807) is 0 Å². The smallest absolute Gasteiger partial charge is 0.234 e. The summed E-state index contributed by atoms with van der Waals surface area (Å²) in [5.74, 6) is 0.0480. The normalized spacial score (nSPS) is 12.2. The molecule has 1 rings (SSSR count). The summed E-state index contributed by atoms with van der Waals surface area (Å²) >= 11 is 0. The maximum absolute atomic E-state index is 11.5. The van der Waals surface area contributed by atoms with E-state index in [2.05, 4.69) is 43.5 Å². The standard InChI is InChI=1S/C14H22N2O/c1-4-12(3)15-10-14(17)16-9-13-7-5-6-11(2)8-13/h5-8,12,15H,4,9-10H2,1-3H3,(H,16,17). The highest BCUT2D eigenvalue weighted by atomic mass is 16.1. The van der Waals surface area contributed by atoms with Crippen molar-refractivity contribution >= 4 is 5.91 Å². The molecule has 3 heteroatoms. The fourth-order valence-electron chi connectivity index (χ4n) is 1.50. The van der Waals surface area contributed by atoms with Gasteiger partial charge in [-0.1, -0.05) is 36.8 Å². The molecule has 0 spiro atoms. The number of aryl methyl sites for hydroxylation is 1. The van der Waals surface area contributed by atoms with Gasteiger partial charge in [0.15, 0.2) is 0 Å². The lowest BCUT2D eigenvalue weighted by Crippen LogP contribution is -2.37. The Morgan fingerprint density at radius 2 is 2.18 bits per heavy atom. The third-order valence-corrected chi connectivity index (χ3v) is 2.80. The largest absolute Gasteiger partial charge is 0.351 e. The Balaban J connectivity index is 2.28. The number of carbonyl (C=O) groups excluding carboxylic acids is 1. The third kappa shape index (κ3) is 5.50. The first-order valence-corrected chi connectivity index (χ1v) is 6.17. The Labute approximate surface area is 104 Å². The topological polar surface area (TPSA) is 41.1 Å². The quantitative estimate of drug-likeness (QED) is 0.790. The summed E-state index contributed by atoms with van der Waals surface area (Å²) in [7, 11) is 0. The average molecular weight is 234 g/mol. The minimum atomic E-state index is 0.0480. The molecule has 94 valence electrons. The third-order valence-electron chi connectivity index (χ3n) is 2.80. The van der Waals surface area contributed by atoms with Crippen molar-refractivity contribution in [2.45, 2.75) is 39.8 Å². The SMILES string of the molecule is CCC(C)NCC(=O)NCc1cccc(C)c1. The fourth-order valence-corrected chi connectivity index (χ4v) is 1.50. The molecule has 0 heterocycles. The van der Waals surface area contributed by atoms with Crippen LogP contribution in [0.4, 0.5) is 0 Å².